The second-order valence-corrected chi connectivity index (χ2v) is 11.2. The van der Waals surface area contributed by atoms with Gasteiger partial charge in [-0.3, -0.25) is 0 Å². The summed E-state index contributed by atoms with van der Waals surface area (Å²) in [5.74, 6) is 2.50. The first-order valence-electron chi connectivity index (χ1n) is 12.0. The second-order valence-electron chi connectivity index (χ2n) is 9.81. The largest absolute Gasteiger partial charge is 0.744 e. The first-order chi connectivity index (χ1) is 16.5. The molecule has 0 radical (unpaired) electrons. The summed E-state index contributed by atoms with van der Waals surface area (Å²) < 4.78 is 33.4. The van der Waals surface area contributed by atoms with Crippen molar-refractivity contribution in [2.75, 3.05) is 13.1 Å². The van der Waals surface area contributed by atoms with Crippen LogP contribution < -0.4 is 4.57 Å². The molecular weight excluding hydrogens is 460 g/mol. The average Bonchev–Trinajstić information content (AvgIpc) is 3.07. The van der Waals surface area contributed by atoms with Crippen LogP contribution in [-0.4, -0.2) is 47.0 Å². The van der Waals surface area contributed by atoms with E-state index in [1.54, 1.807) is 12.1 Å². The molecule has 1 aromatic heterocycles. The zero-order chi connectivity index (χ0) is 25.8. The minimum Gasteiger partial charge on any atom is -0.744 e. The Morgan fingerprint density at radius 1 is 1.00 bits per heavy atom. The van der Waals surface area contributed by atoms with Gasteiger partial charge in [0.2, 0.25) is 0 Å². The molecule has 8 heteroatoms. The van der Waals surface area contributed by atoms with E-state index in [0.29, 0.717) is 18.0 Å². The summed E-state index contributed by atoms with van der Waals surface area (Å²) in [5.41, 5.74) is 3.11. The van der Waals surface area contributed by atoms with Crippen LogP contribution in [0.2, 0.25) is 0 Å². The molecule has 4 rings (SSSR count). The van der Waals surface area contributed by atoms with E-state index in [1.807, 2.05) is 19.2 Å². The van der Waals surface area contributed by atoms with Crippen LogP contribution in [0.1, 0.15) is 40.2 Å². The van der Waals surface area contributed by atoms with E-state index in [4.69, 9.17) is 0 Å². The van der Waals surface area contributed by atoms with Crippen molar-refractivity contribution in [1.29, 1.82) is 0 Å². The van der Waals surface area contributed by atoms with Crippen molar-refractivity contribution in [3.05, 3.63) is 72.7 Å². The van der Waals surface area contributed by atoms with Crippen LogP contribution in [0.4, 0.5) is 0 Å². The first kappa shape index (κ1) is 26.6. The molecule has 0 fully saturated rings. The van der Waals surface area contributed by atoms with Gasteiger partial charge in [0, 0.05) is 6.54 Å². The number of hydrogen-bond acceptors (Lipinski definition) is 6. The molecule has 3 aromatic rings. The molecule has 0 N–H and O–H groups in total. The summed E-state index contributed by atoms with van der Waals surface area (Å²) in [6, 6.07) is 14.1. The Morgan fingerprint density at radius 3 is 2.23 bits per heavy atom. The molecule has 0 bridgehead atoms. The van der Waals surface area contributed by atoms with Crippen molar-refractivity contribution in [2.45, 2.75) is 52.6 Å². The van der Waals surface area contributed by atoms with Crippen molar-refractivity contribution < 1.29 is 17.5 Å². The molecule has 0 spiro atoms. The van der Waals surface area contributed by atoms with Gasteiger partial charge in [0.15, 0.2) is 11.7 Å². The molecule has 1 unspecified atom stereocenters. The SMILES string of the molecule is CC(C)CN1C=C([n+]2ccnc3ccccc32)N(CC(C)C)C1C.Cc1ccc(S(=O)(=O)[O-])cc1. The first-order valence-corrected chi connectivity index (χ1v) is 13.4. The van der Waals surface area contributed by atoms with Crippen molar-refractivity contribution in [3.8, 4) is 0 Å². The number of aryl methyl sites for hydroxylation is 1. The van der Waals surface area contributed by atoms with E-state index in [0.717, 1.165) is 29.7 Å². The quantitative estimate of drug-likeness (QED) is 0.370. The molecule has 7 nitrogen and oxygen atoms in total. The Bertz CT molecular complexity index is 1270. The number of fused-ring (bicyclic) bond motifs is 1. The maximum Gasteiger partial charge on any atom is 0.299 e. The molecule has 2 aromatic carbocycles. The Balaban J connectivity index is 0.000000261. The summed E-state index contributed by atoms with van der Waals surface area (Å²) in [4.78, 5) is 9.30. The Labute approximate surface area is 209 Å². The van der Waals surface area contributed by atoms with Crippen LogP contribution in [0.3, 0.4) is 0 Å². The highest BCUT2D eigenvalue weighted by molar-refractivity contribution is 7.85. The molecule has 1 aliphatic rings. The Hall–Kier alpha value is -2.97. The summed E-state index contributed by atoms with van der Waals surface area (Å²) in [6.07, 6.45) is 6.67. The van der Waals surface area contributed by atoms with E-state index in [9.17, 15) is 13.0 Å². The zero-order valence-corrected chi connectivity index (χ0v) is 22.2. The topological polar surface area (TPSA) is 80.5 Å². The fraction of sp³-hybridized carbons (Fsp3) is 0.407. The number of nitrogens with zero attached hydrogens (tertiary/aromatic N) is 4. The van der Waals surface area contributed by atoms with E-state index in [2.05, 4.69) is 84.6 Å². The van der Waals surface area contributed by atoms with Gasteiger partial charge in [-0.2, -0.15) is 4.57 Å². The summed E-state index contributed by atoms with van der Waals surface area (Å²) in [5, 5.41) is 0. The second kappa shape index (κ2) is 11.2. The van der Waals surface area contributed by atoms with Crippen LogP contribution in [0.25, 0.3) is 16.9 Å². The van der Waals surface area contributed by atoms with Gasteiger partial charge in [0.05, 0.1) is 23.8 Å². The molecule has 0 aliphatic carbocycles. The third-order valence-corrected chi connectivity index (χ3v) is 6.62. The molecular formula is C27H36N4O3S. The summed E-state index contributed by atoms with van der Waals surface area (Å²) in [7, 11) is -4.27. The third-order valence-electron chi connectivity index (χ3n) is 5.77. The molecule has 35 heavy (non-hydrogen) atoms. The maximum atomic E-state index is 10.4. The monoisotopic (exact) mass is 496 g/mol. The lowest BCUT2D eigenvalue weighted by Crippen LogP contribution is -2.46. The van der Waals surface area contributed by atoms with Gasteiger partial charge in [-0.05, 0) is 49.9 Å². The minimum atomic E-state index is -4.27. The van der Waals surface area contributed by atoms with Gasteiger partial charge in [0.1, 0.15) is 21.8 Å². The number of para-hydroxylation sites is 2. The standard InChI is InChI=1S/C20H29N4.C7H8O3S/c1-15(2)12-22-14-20(24(17(22)5)13-16(3)4)23-11-10-21-18-8-6-7-9-19(18)23;1-6-2-4-7(5-3-6)11(8,9)10/h6-11,14-17H,12-13H2,1-5H3;2-5H,1H3,(H,8,9,10)/q+1;/p-1. The lowest BCUT2D eigenvalue weighted by molar-refractivity contribution is -0.564. The smallest absolute Gasteiger partial charge is 0.299 e. The number of aromatic nitrogens is 2. The molecule has 188 valence electrons. The molecule has 1 aliphatic heterocycles. The van der Waals surface area contributed by atoms with E-state index >= 15 is 0 Å². The van der Waals surface area contributed by atoms with Crippen LogP contribution in [-0.2, 0) is 10.1 Å². The fourth-order valence-electron chi connectivity index (χ4n) is 4.11. The minimum absolute atomic E-state index is 0.178. The molecule has 0 saturated carbocycles. The predicted molar refractivity (Wildman–Crippen MR) is 138 cm³/mol. The van der Waals surface area contributed by atoms with Crippen molar-refractivity contribution in [2.24, 2.45) is 11.8 Å². The highest BCUT2D eigenvalue weighted by Gasteiger charge is 2.38. The van der Waals surface area contributed by atoms with Gasteiger partial charge in [-0.15, -0.1) is 0 Å². The molecule has 0 amide bonds. The zero-order valence-electron chi connectivity index (χ0n) is 21.4. The van der Waals surface area contributed by atoms with E-state index < -0.39 is 10.1 Å². The fourth-order valence-corrected chi connectivity index (χ4v) is 4.58. The maximum absolute atomic E-state index is 10.4. The van der Waals surface area contributed by atoms with Crippen LogP contribution >= 0.6 is 0 Å². The van der Waals surface area contributed by atoms with Crippen LogP contribution in [0, 0.1) is 18.8 Å². The normalized spacial score (nSPS) is 16.0. The van der Waals surface area contributed by atoms with Crippen LogP contribution in [0.15, 0.2) is 72.0 Å². The van der Waals surface area contributed by atoms with Crippen molar-refractivity contribution in [1.82, 2.24) is 14.8 Å². The highest BCUT2D eigenvalue weighted by atomic mass is 32.2. The van der Waals surface area contributed by atoms with Gasteiger partial charge < -0.3 is 9.45 Å². The molecule has 1 atom stereocenters. The van der Waals surface area contributed by atoms with Gasteiger partial charge in [-0.25, -0.2) is 18.3 Å². The predicted octanol–water partition coefficient (Wildman–Crippen LogP) is 4.45. The third kappa shape index (κ3) is 6.80. The Morgan fingerprint density at radius 2 is 1.63 bits per heavy atom. The van der Waals surface area contributed by atoms with E-state index in [1.165, 1.54) is 18.0 Å². The average molecular weight is 497 g/mol. The van der Waals surface area contributed by atoms with Crippen molar-refractivity contribution in [3.63, 3.8) is 0 Å². The van der Waals surface area contributed by atoms with Gasteiger partial charge in [-0.1, -0.05) is 57.5 Å². The summed E-state index contributed by atoms with van der Waals surface area (Å²) >= 11 is 0. The lowest BCUT2D eigenvalue weighted by Gasteiger charge is -2.27. The molecule has 2 heterocycles. The van der Waals surface area contributed by atoms with Crippen molar-refractivity contribution >= 4 is 27.0 Å². The van der Waals surface area contributed by atoms with Gasteiger partial charge in [0.25, 0.3) is 5.82 Å². The van der Waals surface area contributed by atoms with Crippen LogP contribution in [0.5, 0.6) is 0 Å². The Kier molecular flexibility index (Phi) is 8.51. The highest BCUT2D eigenvalue weighted by Crippen LogP contribution is 2.25. The lowest BCUT2D eigenvalue weighted by atomic mass is 10.2. The number of rotatable bonds is 6. The summed E-state index contributed by atoms with van der Waals surface area (Å²) in [6.45, 7) is 15.4. The number of hydrogen-bond donors (Lipinski definition) is 0. The molecule has 0 saturated heterocycles. The van der Waals surface area contributed by atoms with Gasteiger partial charge >= 0.3 is 0 Å². The number of benzene rings is 2. The van der Waals surface area contributed by atoms with E-state index in [-0.39, 0.29) is 4.90 Å².